The normalized spacial score (nSPS) is 31.4. The van der Waals surface area contributed by atoms with Crippen LogP contribution in [0.3, 0.4) is 0 Å². The summed E-state index contributed by atoms with van der Waals surface area (Å²) in [5.41, 5.74) is 0.313. The molecule has 0 aromatic carbocycles. The Labute approximate surface area is 196 Å². The Bertz CT molecular complexity index is 924. The molecule has 2 heterocycles. The highest BCUT2D eigenvalue weighted by Crippen LogP contribution is 2.60. The number of amides is 2. The molecule has 0 radical (unpaired) electrons. The number of piperazine rings is 1. The van der Waals surface area contributed by atoms with Gasteiger partial charge in [0.1, 0.15) is 17.9 Å². The Morgan fingerprint density at radius 2 is 1.70 bits per heavy atom. The molecule has 2 amide bonds. The number of carbonyl (C=O) groups is 2. The zero-order chi connectivity index (χ0) is 23.2. The molecule has 7 nitrogen and oxygen atoms in total. The van der Waals surface area contributed by atoms with E-state index in [1.807, 2.05) is 18.7 Å². The van der Waals surface area contributed by atoms with Crippen LogP contribution >= 0.6 is 0 Å². The number of rotatable bonds is 5. The summed E-state index contributed by atoms with van der Waals surface area (Å²) in [6.07, 6.45) is 8.62. The summed E-state index contributed by atoms with van der Waals surface area (Å²) in [6, 6.07) is 5.26. The molecule has 1 atom stereocenters. The van der Waals surface area contributed by atoms with Gasteiger partial charge in [-0.3, -0.25) is 9.59 Å². The quantitative estimate of drug-likeness (QED) is 0.747. The molecule has 1 aliphatic heterocycles. The first-order valence-corrected chi connectivity index (χ1v) is 12.6. The predicted molar refractivity (Wildman–Crippen MR) is 125 cm³/mol. The highest BCUT2D eigenvalue weighted by Gasteiger charge is 2.55. The Balaban J connectivity index is 1.24. The van der Waals surface area contributed by atoms with E-state index in [2.05, 4.69) is 21.3 Å². The van der Waals surface area contributed by atoms with Crippen molar-refractivity contribution in [2.75, 3.05) is 31.1 Å². The molecule has 7 heteroatoms. The Morgan fingerprint density at radius 1 is 1.09 bits per heavy atom. The van der Waals surface area contributed by atoms with Gasteiger partial charge in [-0.15, -0.1) is 0 Å². The fourth-order valence-electron chi connectivity index (χ4n) is 7.27. The second kappa shape index (κ2) is 8.62. The molecule has 1 aromatic heterocycles. The van der Waals surface area contributed by atoms with E-state index in [4.69, 9.17) is 0 Å². The van der Waals surface area contributed by atoms with E-state index in [1.165, 1.54) is 19.3 Å². The van der Waals surface area contributed by atoms with Crippen LogP contribution in [-0.4, -0.2) is 53.9 Å². The molecule has 176 valence electrons. The number of aromatic nitrogens is 1. The maximum Gasteiger partial charge on any atom is 0.245 e. The van der Waals surface area contributed by atoms with Gasteiger partial charge in [0.2, 0.25) is 11.8 Å². The van der Waals surface area contributed by atoms with Gasteiger partial charge in [0.05, 0.1) is 5.56 Å². The molecule has 4 bridgehead atoms. The molecule has 1 N–H and O–H groups in total. The molecule has 33 heavy (non-hydrogen) atoms. The van der Waals surface area contributed by atoms with Crippen LogP contribution < -0.4 is 10.2 Å². The number of carbonyl (C=O) groups excluding carboxylic acids is 2. The largest absolute Gasteiger partial charge is 0.352 e. The van der Waals surface area contributed by atoms with Gasteiger partial charge >= 0.3 is 0 Å². The molecule has 0 spiro atoms. The van der Waals surface area contributed by atoms with Crippen molar-refractivity contribution in [3.63, 3.8) is 0 Å². The second-order valence-corrected chi connectivity index (χ2v) is 11.2. The van der Waals surface area contributed by atoms with Crippen molar-refractivity contribution < 1.29 is 9.59 Å². The van der Waals surface area contributed by atoms with Crippen LogP contribution in [0.5, 0.6) is 0 Å². The first-order valence-electron chi connectivity index (χ1n) is 12.6. The molecule has 1 unspecified atom stereocenters. The Hall–Kier alpha value is -2.62. The van der Waals surface area contributed by atoms with E-state index >= 15 is 0 Å². The molecule has 1 aromatic rings. The van der Waals surface area contributed by atoms with Crippen molar-refractivity contribution in [3.05, 3.63) is 23.9 Å². The Kier molecular flexibility index (Phi) is 5.80. The predicted octanol–water partition coefficient (Wildman–Crippen LogP) is 2.96. The fourth-order valence-corrected chi connectivity index (χ4v) is 7.27. The van der Waals surface area contributed by atoms with Crippen LogP contribution in [0.4, 0.5) is 5.82 Å². The molecule has 1 saturated heterocycles. The summed E-state index contributed by atoms with van der Waals surface area (Å²) in [5.74, 6) is 2.97. The van der Waals surface area contributed by atoms with Gasteiger partial charge < -0.3 is 15.1 Å². The van der Waals surface area contributed by atoms with E-state index < -0.39 is 6.04 Å². The van der Waals surface area contributed by atoms with Crippen molar-refractivity contribution in [1.29, 1.82) is 5.26 Å². The van der Waals surface area contributed by atoms with Gasteiger partial charge in [-0.25, -0.2) is 4.98 Å². The van der Waals surface area contributed by atoms with Crippen molar-refractivity contribution in [2.24, 2.45) is 29.1 Å². The number of hydrogen-bond donors (Lipinski definition) is 1. The van der Waals surface area contributed by atoms with Crippen LogP contribution in [-0.2, 0) is 9.59 Å². The van der Waals surface area contributed by atoms with E-state index in [9.17, 15) is 14.9 Å². The standard InChI is InChI=1S/C26H35N5O2/c1-17(2)22(29-25(33)26-13-18-10-19(14-26)12-20(11-18)15-26)24(32)31-8-6-30(7-9-31)23-21(16-27)4-3-5-28-23/h3-5,17-20,22H,6-15H2,1-2H3,(H,29,33). The number of nitrogens with zero attached hydrogens (tertiary/aromatic N) is 4. The molecule has 4 saturated carbocycles. The lowest BCUT2D eigenvalue weighted by Crippen LogP contribution is -2.60. The minimum Gasteiger partial charge on any atom is -0.352 e. The summed E-state index contributed by atoms with van der Waals surface area (Å²) in [6.45, 7) is 6.43. The van der Waals surface area contributed by atoms with Crippen LogP contribution in [0.25, 0.3) is 0 Å². The lowest BCUT2D eigenvalue weighted by molar-refractivity contribution is -0.150. The van der Waals surface area contributed by atoms with Gasteiger partial charge in [-0.2, -0.15) is 5.26 Å². The first kappa shape index (κ1) is 22.2. The molecule has 4 aliphatic carbocycles. The first-order chi connectivity index (χ1) is 15.9. The maximum absolute atomic E-state index is 13.6. The number of anilines is 1. The van der Waals surface area contributed by atoms with E-state index in [0.717, 1.165) is 19.3 Å². The topological polar surface area (TPSA) is 89.3 Å². The van der Waals surface area contributed by atoms with Gasteiger partial charge in [0.25, 0.3) is 0 Å². The van der Waals surface area contributed by atoms with Gasteiger partial charge in [-0.1, -0.05) is 13.8 Å². The summed E-state index contributed by atoms with van der Waals surface area (Å²) < 4.78 is 0. The number of nitrogens with one attached hydrogen (secondary N) is 1. The van der Waals surface area contributed by atoms with Crippen molar-refractivity contribution in [2.45, 2.75) is 58.4 Å². The van der Waals surface area contributed by atoms with E-state index in [1.54, 1.807) is 18.3 Å². The van der Waals surface area contributed by atoms with Gasteiger partial charge in [0, 0.05) is 37.8 Å². The highest BCUT2D eigenvalue weighted by atomic mass is 16.2. The SMILES string of the molecule is CC(C)C(NC(=O)C12CC3CC(CC(C3)C1)C2)C(=O)N1CCN(c2ncccc2C#N)CC1. The second-order valence-electron chi connectivity index (χ2n) is 11.2. The number of pyridine rings is 1. The van der Waals surface area contributed by atoms with Gasteiger partial charge in [-0.05, 0) is 74.3 Å². The average Bonchev–Trinajstić information content (AvgIpc) is 2.81. The maximum atomic E-state index is 13.6. The van der Waals surface area contributed by atoms with Crippen LogP contribution in [0.15, 0.2) is 18.3 Å². The lowest BCUT2D eigenvalue weighted by atomic mass is 9.49. The monoisotopic (exact) mass is 449 g/mol. The van der Waals surface area contributed by atoms with E-state index in [0.29, 0.717) is 55.3 Å². The Morgan fingerprint density at radius 3 is 2.24 bits per heavy atom. The smallest absolute Gasteiger partial charge is 0.245 e. The zero-order valence-electron chi connectivity index (χ0n) is 19.8. The molecule has 5 aliphatic rings. The zero-order valence-corrected chi connectivity index (χ0v) is 19.8. The average molecular weight is 450 g/mol. The lowest BCUT2D eigenvalue weighted by Gasteiger charge is -2.56. The molecule has 5 fully saturated rings. The summed E-state index contributed by atoms with van der Waals surface area (Å²) in [4.78, 5) is 35.4. The summed E-state index contributed by atoms with van der Waals surface area (Å²) in [7, 11) is 0. The van der Waals surface area contributed by atoms with Crippen LogP contribution in [0, 0.1) is 40.4 Å². The molecular formula is C26H35N5O2. The summed E-state index contributed by atoms with van der Waals surface area (Å²) in [5, 5.41) is 12.6. The number of nitriles is 1. The van der Waals surface area contributed by atoms with Gasteiger partial charge in [0.15, 0.2) is 0 Å². The third-order valence-corrected chi connectivity index (χ3v) is 8.54. The van der Waals surface area contributed by atoms with Crippen LogP contribution in [0.1, 0.15) is 57.9 Å². The van der Waals surface area contributed by atoms with Crippen molar-refractivity contribution in [3.8, 4) is 6.07 Å². The van der Waals surface area contributed by atoms with E-state index in [-0.39, 0.29) is 23.1 Å². The van der Waals surface area contributed by atoms with Crippen molar-refractivity contribution >= 4 is 17.6 Å². The third kappa shape index (κ3) is 4.09. The van der Waals surface area contributed by atoms with Crippen LogP contribution in [0.2, 0.25) is 0 Å². The molecule has 6 rings (SSSR count). The third-order valence-electron chi connectivity index (χ3n) is 8.54. The highest BCUT2D eigenvalue weighted by molar-refractivity contribution is 5.90. The summed E-state index contributed by atoms with van der Waals surface area (Å²) >= 11 is 0. The molecular weight excluding hydrogens is 414 g/mol. The number of hydrogen-bond acceptors (Lipinski definition) is 5. The minimum absolute atomic E-state index is 0.0178. The fraction of sp³-hybridized carbons (Fsp3) is 0.692. The van der Waals surface area contributed by atoms with Crippen molar-refractivity contribution in [1.82, 2.24) is 15.2 Å². The minimum atomic E-state index is -0.485.